The van der Waals surface area contributed by atoms with Gasteiger partial charge < -0.3 is 9.52 Å². The van der Waals surface area contributed by atoms with Gasteiger partial charge in [-0.05, 0) is 19.1 Å². The Labute approximate surface area is 85.7 Å². The van der Waals surface area contributed by atoms with Crippen LogP contribution < -0.4 is 5.32 Å². The van der Waals surface area contributed by atoms with Crippen molar-refractivity contribution in [2.45, 2.75) is 18.3 Å². The molecule has 0 saturated carbocycles. The van der Waals surface area contributed by atoms with Gasteiger partial charge >= 0.3 is 5.97 Å². The van der Waals surface area contributed by atoms with E-state index in [9.17, 15) is 4.79 Å². The van der Waals surface area contributed by atoms with Crippen molar-refractivity contribution in [3.8, 4) is 0 Å². The first-order valence-electron chi connectivity index (χ1n) is 4.33. The molecule has 0 spiro atoms. The zero-order chi connectivity index (χ0) is 10.1. The molecule has 1 aromatic heterocycles. The predicted octanol–water partition coefficient (Wildman–Crippen LogP) is 1.38. The standard InChI is InChI=1S/C9H11NO3S/c1-5-2-3-7(13-5)6-4-14-8(10-6)9(11)12/h2-3,6,8,10H,4H2,1H3,(H,11,12)/t6-,8+/m1/s1. The molecule has 2 N–H and O–H groups in total. The Hall–Kier alpha value is -0.940. The summed E-state index contributed by atoms with van der Waals surface area (Å²) >= 11 is 1.39. The van der Waals surface area contributed by atoms with Crippen molar-refractivity contribution in [3.05, 3.63) is 23.7 Å². The molecule has 1 aliphatic rings. The number of hydrogen-bond acceptors (Lipinski definition) is 4. The van der Waals surface area contributed by atoms with Crippen LogP contribution in [0.3, 0.4) is 0 Å². The maximum absolute atomic E-state index is 10.7. The molecule has 5 heteroatoms. The number of rotatable bonds is 2. The molecule has 1 aliphatic heterocycles. The Morgan fingerprint density at radius 2 is 2.50 bits per heavy atom. The summed E-state index contributed by atoms with van der Waals surface area (Å²) in [7, 11) is 0. The van der Waals surface area contributed by atoms with E-state index in [1.54, 1.807) is 0 Å². The smallest absolute Gasteiger partial charge is 0.331 e. The highest BCUT2D eigenvalue weighted by molar-refractivity contribution is 8.00. The molecule has 0 amide bonds. The summed E-state index contributed by atoms with van der Waals surface area (Å²) in [6.07, 6.45) is 0. The largest absolute Gasteiger partial charge is 0.479 e. The number of carbonyl (C=O) groups is 1. The lowest BCUT2D eigenvalue weighted by Gasteiger charge is -2.07. The van der Waals surface area contributed by atoms with Crippen molar-refractivity contribution in [1.82, 2.24) is 5.32 Å². The zero-order valence-corrected chi connectivity index (χ0v) is 8.50. The first-order chi connectivity index (χ1) is 6.66. The number of aryl methyl sites for hydroxylation is 1. The molecule has 1 fully saturated rings. The van der Waals surface area contributed by atoms with Crippen molar-refractivity contribution in [3.63, 3.8) is 0 Å². The van der Waals surface area contributed by atoms with E-state index < -0.39 is 11.3 Å². The Morgan fingerprint density at radius 3 is 3.00 bits per heavy atom. The molecule has 2 heterocycles. The van der Waals surface area contributed by atoms with E-state index in [0.29, 0.717) is 0 Å². The van der Waals surface area contributed by atoms with Crippen LogP contribution in [0.15, 0.2) is 16.5 Å². The van der Waals surface area contributed by atoms with Crippen molar-refractivity contribution in [1.29, 1.82) is 0 Å². The van der Waals surface area contributed by atoms with Gasteiger partial charge in [-0.3, -0.25) is 5.32 Å². The van der Waals surface area contributed by atoms with Gasteiger partial charge in [-0.15, -0.1) is 11.8 Å². The molecule has 76 valence electrons. The fraction of sp³-hybridized carbons (Fsp3) is 0.444. The van der Waals surface area contributed by atoms with Gasteiger partial charge in [0.25, 0.3) is 0 Å². The topological polar surface area (TPSA) is 62.5 Å². The fourth-order valence-electron chi connectivity index (χ4n) is 1.42. The third kappa shape index (κ3) is 1.78. The minimum Gasteiger partial charge on any atom is -0.479 e. The number of carboxylic acid groups (broad SMARTS) is 1. The lowest BCUT2D eigenvalue weighted by molar-refractivity contribution is -0.137. The minimum atomic E-state index is -0.819. The Kier molecular flexibility index (Phi) is 2.52. The van der Waals surface area contributed by atoms with Gasteiger partial charge in [0.15, 0.2) is 5.37 Å². The maximum atomic E-state index is 10.7. The van der Waals surface area contributed by atoms with Gasteiger partial charge in [0, 0.05) is 5.75 Å². The van der Waals surface area contributed by atoms with Gasteiger partial charge in [0.1, 0.15) is 11.5 Å². The molecule has 0 aromatic carbocycles. The molecular weight excluding hydrogens is 202 g/mol. The van der Waals surface area contributed by atoms with E-state index in [1.807, 2.05) is 19.1 Å². The number of aliphatic carboxylic acids is 1. The van der Waals surface area contributed by atoms with Crippen LogP contribution in [-0.2, 0) is 4.79 Å². The van der Waals surface area contributed by atoms with Crippen LogP contribution in [0.25, 0.3) is 0 Å². The summed E-state index contributed by atoms with van der Waals surface area (Å²) in [5.74, 6) is 1.59. The van der Waals surface area contributed by atoms with Crippen molar-refractivity contribution >= 4 is 17.7 Å². The van der Waals surface area contributed by atoms with Crippen molar-refractivity contribution in [2.24, 2.45) is 0 Å². The van der Waals surface area contributed by atoms with Crippen LogP contribution in [0, 0.1) is 6.92 Å². The van der Waals surface area contributed by atoms with E-state index >= 15 is 0 Å². The van der Waals surface area contributed by atoms with E-state index in [1.165, 1.54) is 11.8 Å². The lowest BCUT2D eigenvalue weighted by Crippen LogP contribution is -2.30. The number of furan rings is 1. The Morgan fingerprint density at radius 1 is 1.71 bits per heavy atom. The van der Waals surface area contributed by atoms with Crippen LogP contribution in [-0.4, -0.2) is 22.2 Å². The highest BCUT2D eigenvalue weighted by Crippen LogP contribution is 2.29. The molecule has 2 atom stereocenters. The maximum Gasteiger partial charge on any atom is 0.331 e. The number of thioether (sulfide) groups is 1. The number of hydrogen-bond donors (Lipinski definition) is 2. The third-order valence-electron chi connectivity index (χ3n) is 2.11. The monoisotopic (exact) mass is 213 g/mol. The average molecular weight is 213 g/mol. The number of carboxylic acids is 1. The molecule has 0 unspecified atom stereocenters. The molecule has 0 aliphatic carbocycles. The second kappa shape index (κ2) is 3.67. The second-order valence-electron chi connectivity index (χ2n) is 3.22. The SMILES string of the molecule is Cc1ccc([C@H]2CS[C@@H](C(=O)O)N2)o1. The fourth-order valence-corrected chi connectivity index (χ4v) is 2.47. The van der Waals surface area contributed by atoms with Crippen LogP contribution in [0.2, 0.25) is 0 Å². The molecule has 2 rings (SSSR count). The van der Waals surface area contributed by atoms with Crippen molar-refractivity contribution < 1.29 is 14.3 Å². The first-order valence-corrected chi connectivity index (χ1v) is 5.38. The molecule has 0 bridgehead atoms. The van der Waals surface area contributed by atoms with Crippen LogP contribution >= 0.6 is 11.8 Å². The minimum absolute atomic E-state index is 0.0230. The molecule has 14 heavy (non-hydrogen) atoms. The summed E-state index contributed by atoms with van der Waals surface area (Å²) < 4.78 is 5.43. The lowest BCUT2D eigenvalue weighted by atomic mass is 10.2. The predicted molar refractivity (Wildman–Crippen MR) is 53.2 cm³/mol. The van der Waals surface area contributed by atoms with Gasteiger partial charge in [-0.1, -0.05) is 0 Å². The summed E-state index contributed by atoms with van der Waals surface area (Å²) in [6, 6.07) is 3.79. The van der Waals surface area contributed by atoms with Gasteiger partial charge in [-0.2, -0.15) is 0 Å². The Balaban J connectivity index is 2.05. The molecule has 0 radical (unpaired) electrons. The second-order valence-corrected chi connectivity index (χ2v) is 4.36. The van der Waals surface area contributed by atoms with Crippen LogP contribution in [0.4, 0.5) is 0 Å². The summed E-state index contributed by atoms with van der Waals surface area (Å²) in [4.78, 5) is 10.7. The molecule has 4 nitrogen and oxygen atoms in total. The molecule has 1 saturated heterocycles. The van der Waals surface area contributed by atoms with E-state index in [4.69, 9.17) is 9.52 Å². The summed E-state index contributed by atoms with van der Waals surface area (Å²) in [5.41, 5.74) is 0. The van der Waals surface area contributed by atoms with Crippen LogP contribution in [0.5, 0.6) is 0 Å². The third-order valence-corrected chi connectivity index (χ3v) is 3.31. The zero-order valence-electron chi connectivity index (χ0n) is 7.69. The Bertz CT molecular complexity index is 350. The first kappa shape index (κ1) is 9.61. The quantitative estimate of drug-likeness (QED) is 0.777. The van der Waals surface area contributed by atoms with Gasteiger partial charge in [-0.25, -0.2) is 4.79 Å². The highest BCUT2D eigenvalue weighted by Gasteiger charge is 2.31. The highest BCUT2D eigenvalue weighted by atomic mass is 32.2. The van der Waals surface area contributed by atoms with E-state index in [-0.39, 0.29) is 6.04 Å². The van der Waals surface area contributed by atoms with E-state index in [0.717, 1.165) is 17.3 Å². The summed E-state index contributed by atoms with van der Waals surface area (Å²) in [6.45, 7) is 1.88. The van der Waals surface area contributed by atoms with E-state index in [2.05, 4.69) is 5.32 Å². The van der Waals surface area contributed by atoms with Gasteiger partial charge in [0.05, 0.1) is 6.04 Å². The van der Waals surface area contributed by atoms with Crippen molar-refractivity contribution in [2.75, 3.05) is 5.75 Å². The normalized spacial score (nSPS) is 26.6. The molecular formula is C9H11NO3S. The average Bonchev–Trinajstić information content (AvgIpc) is 2.70. The molecule has 1 aromatic rings. The van der Waals surface area contributed by atoms with Gasteiger partial charge in [0.2, 0.25) is 0 Å². The number of nitrogens with one attached hydrogen (secondary N) is 1. The van der Waals surface area contributed by atoms with Crippen LogP contribution in [0.1, 0.15) is 17.6 Å². The summed E-state index contributed by atoms with van der Waals surface area (Å²) in [5, 5.41) is 11.2.